The number of nitrogens with zero attached hydrogens (tertiary/aromatic N) is 5. The van der Waals surface area contributed by atoms with Gasteiger partial charge in [-0.15, -0.1) is 0 Å². The van der Waals surface area contributed by atoms with Crippen LogP contribution in [-0.2, 0) is 4.74 Å². The van der Waals surface area contributed by atoms with E-state index in [0.717, 1.165) is 54.8 Å². The molecule has 0 radical (unpaired) electrons. The Labute approximate surface area is 235 Å². The number of ether oxygens (including phenoxy) is 1. The molecular weight excluding hydrogens is 488 g/mol. The van der Waals surface area contributed by atoms with Crippen LogP contribution in [-0.4, -0.2) is 58.5 Å². The number of nitriles is 1. The second-order valence-corrected chi connectivity index (χ2v) is 11.1. The van der Waals surface area contributed by atoms with Crippen molar-refractivity contribution in [2.24, 2.45) is 5.92 Å². The number of rotatable bonds is 8. The molecule has 8 heteroatoms. The van der Waals surface area contributed by atoms with Gasteiger partial charge in [0.1, 0.15) is 17.7 Å². The van der Waals surface area contributed by atoms with Gasteiger partial charge in [0.05, 0.1) is 22.9 Å². The van der Waals surface area contributed by atoms with Gasteiger partial charge in [-0.2, -0.15) is 5.26 Å². The molecule has 0 bridgehead atoms. The fourth-order valence-corrected chi connectivity index (χ4v) is 4.18. The third-order valence-electron chi connectivity index (χ3n) is 6.33. The first kappa shape index (κ1) is 31.7. The molecule has 8 nitrogen and oxygen atoms in total. The van der Waals surface area contributed by atoms with Crippen LogP contribution in [0.25, 0.3) is 0 Å². The minimum atomic E-state index is -0.482. The van der Waals surface area contributed by atoms with Crippen molar-refractivity contribution in [2.45, 2.75) is 86.2 Å². The molecule has 1 saturated carbocycles. The molecule has 0 atom stereocenters. The number of aryl methyl sites for hydroxylation is 1. The molecule has 0 spiro atoms. The van der Waals surface area contributed by atoms with Crippen LogP contribution in [0.5, 0.6) is 0 Å². The Kier molecular flexibility index (Phi) is 12.4. The summed E-state index contributed by atoms with van der Waals surface area (Å²) in [5.74, 6) is 1.18. The normalized spacial score (nSPS) is 16.5. The lowest BCUT2D eigenvalue weighted by Gasteiger charge is -2.37. The van der Waals surface area contributed by atoms with E-state index in [9.17, 15) is 4.79 Å². The number of carbonyl (C=O) groups is 1. The van der Waals surface area contributed by atoms with Crippen molar-refractivity contribution < 1.29 is 9.53 Å². The zero-order valence-corrected chi connectivity index (χ0v) is 24.9. The minimum Gasteiger partial charge on any atom is -0.444 e. The van der Waals surface area contributed by atoms with Gasteiger partial charge in [-0.1, -0.05) is 38.0 Å². The first-order valence-corrected chi connectivity index (χ1v) is 14.1. The Morgan fingerprint density at radius 2 is 1.87 bits per heavy atom. The molecule has 3 rings (SSSR count). The van der Waals surface area contributed by atoms with Gasteiger partial charge in [0.15, 0.2) is 0 Å². The molecule has 1 aliphatic heterocycles. The van der Waals surface area contributed by atoms with Crippen molar-refractivity contribution in [3.63, 3.8) is 0 Å². The lowest BCUT2D eigenvalue weighted by molar-refractivity contribution is 0.0240. The standard InChI is InChI=1S/C18H27N5O2.C13H19N/c1-12-14(15(19)13-5-6-13)16(21-11-20-12)22-7-9-23(10-8-22)17(24)25-18(2,3)4;1-4-6-7-9-13(11-14)10-12(3)8-5-2/h11,13,19H,5-10H2,1-4H3;6-7,9-10H,4-5,8H2,1-3H3/b;7-6+,12-10+,13-9+. The van der Waals surface area contributed by atoms with Crippen molar-refractivity contribution in [3.05, 3.63) is 53.0 Å². The van der Waals surface area contributed by atoms with Gasteiger partial charge in [-0.3, -0.25) is 0 Å². The van der Waals surface area contributed by atoms with Crippen LogP contribution >= 0.6 is 0 Å². The van der Waals surface area contributed by atoms with Crippen LogP contribution < -0.4 is 4.90 Å². The lowest BCUT2D eigenvalue weighted by atomic mass is 10.0. The maximum atomic E-state index is 12.2. The summed E-state index contributed by atoms with van der Waals surface area (Å²) in [6.45, 7) is 16.4. The van der Waals surface area contributed by atoms with E-state index in [-0.39, 0.29) is 6.09 Å². The predicted molar refractivity (Wildman–Crippen MR) is 158 cm³/mol. The molecule has 39 heavy (non-hydrogen) atoms. The van der Waals surface area contributed by atoms with Crippen LogP contribution in [0.4, 0.5) is 10.6 Å². The molecule has 0 aromatic carbocycles. The fourth-order valence-electron chi connectivity index (χ4n) is 4.18. The smallest absolute Gasteiger partial charge is 0.410 e. The van der Waals surface area contributed by atoms with Gasteiger partial charge >= 0.3 is 6.09 Å². The molecule has 1 aromatic rings. The lowest BCUT2D eigenvalue weighted by Crippen LogP contribution is -2.50. The monoisotopic (exact) mass is 534 g/mol. The highest BCUT2D eigenvalue weighted by molar-refractivity contribution is 6.06. The third kappa shape index (κ3) is 10.7. The molecule has 2 heterocycles. The van der Waals surface area contributed by atoms with E-state index in [2.05, 4.69) is 41.7 Å². The molecule has 1 aromatic heterocycles. The Hall–Kier alpha value is -3.47. The number of piperazine rings is 1. The summed E-state index contributed by atoms with van der Waals surface area (Å²) < 4.78 is 5.45. The summed E-state index contributed by atoms with van der Waals surface area (Å²) in [6.07, 6.45) is 14.5. The van der Waals surface area contributed by atoms with Gasteiger partial charge in [0.25, 0.3) is 0 Å². The number of anilines is 1. The molecule has 0 unspecified atom stereocenters. The van der Waals surface area contributed by atoms with Crippen molar-refractivity contribution >= 4 is 17.6 Å². The molecular formula is C31H46N6O2. The van der Waals surface area contributed by atoms with E-state index in [1.165, 1.54) is 5.57 Å². The summed E-state index contributed by atoms with van der Waals surface area (Å²) in [5, 5.41) is 17.3. The summed E-state index contributed by atoms with van der Waals surface area (Å²) in [6, 6.07) is 2.18. The molecule has 1 N–H and O–H groups in total. The van der Waals surface area contributed by atoms with Crippen molar-refractivity contribution in [1.29, 1.82) is 10.7 Å². The molecule has 2 aliphatic rings. The quantitative estimate of drug-likeness (QED) is 0.224. The first-order valence-electron chi connectivity index (χ1n) is 14.1. The van der Waals surface area contributed by atoms with E-state index in [1.807, 2.05) is 52.0 Å². The maximum absolute atomic E-state index is 12.2. The zero-order chi connectivity index (χ0) is 29.0. The first-order chi connectivity index (χ1) is 18.5. The van der Waals surface area contributed by atoms with E-state index in [0.29, 0.717) is 37.8 Å². The largest absolute Gasteiger partial charge is 0.444 e. The Balaban J connectivity index is 0.000000326. The summed E-state index contributed by atoms with van der Waals surface area (Å²) in [7, 11) is 0. The van der Waals surface area contributed by atoms with Gasteiger partial charge < -0.3 is 19.9 Å². The van der Waals surface area contributed by atoms with E-state index >= 15 is 0 Å². The van der Waals surface area contributed by atoms with E-state index in [1.54, 1.807) is 11.2 Å². The van der Waals surface area contributed by atoms with Crippen molar-refractivity contribution in [2.75, 3.05) is 31.1 Å². The van der Waals surface area contributed by atoms with Crippen molar-refractivity contribution in [1.82, 2.24) is 14.9 Å². The van der Waals surface area contributed by atoms with Crippen LogP contribution in [0.1, 0.15) is 84.9 Å². The van der Waals surface area contributed by atoms with Gasteiger partial charge in [-0.25, -0.2) is 14.8 Å². The highest BCUT2D eigenvalue weighted by atomic mass is 16.6. The Morgan fingerprint density at radius 3 is 2.41 bits per heavy atom. The number of amides is 1. The second kappa shape index (κ2) is 15.2. The maximum Gasteiger partial charge on any atom is 0.410 e. The second-order valence-electron chi connectivity index (χ2n) is 11.1. The molecule has 2 fully saturated rings. The van der Waals surface area contributed by atoms with Crippen LogP contribution in [0, 0.1) is 29.6 Å². The van der Waals surface area contributed by atoms with Gasteiger partial charge in [0.2, 0.25) is 0 Å². The number of hydrogen-bond donors (Lipinski definition) is 1. The average molecular weight is 535 g/mol. The summed E-state index contributed by atoms with van der Waals surface area (Å²) in [4.78, 5) is 24.9. The van der Waals surface area contributed by atoms with Gasteiger partial charge in [-0.05, 0) is 72.5 Å². The van der Waals surface area contributed by atoms with Gasteiger partial charge in [0, 0.05) is 37.8 Å². The number of allylic oxidation sites excluding steroid dienone is 6. The number of hydrogen-bond acceptors (Lipinski definition) is 7. The Morgan fingerprint density at radius 1 is 1.21 bits per heavy atom. The topological polar surface area (TPSA) is 106 Å². The summed E-state index contributed by atoms with van der Waals surface area (Å²) >= 11 is 0. The molecule has 212 valence electrons. The minimum absolute atomic E-state index is 0.267. The highest BCUT2D eigenvalue weighted by Crippen LogP contribution is 2.35. The number of carbonyl (C=O) groups excluding carboxylic acids is 1. The molecule has 1 amide bonds. The van der Waals surface area contributed by atoms with Crippen LogP contribution in [0.15, 0.2) is 41.8 Å². The predicted octanol–water partition coefficient (Wildman–Crippen LogP) is 6.77. The van der Waals surface area contributed by atoms with E-state index in [4.69, 9.17) is 15.4 Å². The van der Waals surface area contributed by atoms with Crippen LogP contribution in [0.2, 0.25) is 0 Å². The number of nitrogens with one attached hydrogen (secondary N) is 1. The fraction of sp³-hybridized carbons (Fsp3) is 0.581. The number of aromatic nitrogens is 2. The van der Waals surface area contributed by atoms with E-state index < -0.39 is 5.60 Å². The van der Waals surface area contributed by atoms with Crippen molar-refractivity contribution in [3.8, 4) is 6.07 Å². The zero-order valence-electron chi connectivity index (χ0n) is 24.9. The van der Waals surface area contributed by atoms with Crippen LogP contribution in [0.3, 0.4) is 0 Å². The average Bonchev–Trinajstić information content (AvgIpc) is 3.73. The summed E-state index contributed by atoms with van der Waals surface area (Å²) in [5.41, 5.74) is 3.91. The third-order valence-corrected chi connectivity index (χ3v) is 6.33. The molecule has 1 aliphatic carbocycles. The Bertz CT molecular complexity index is 1110. The highest BCUT2D eigenvalue weighted by Gasteiger charge is 2.33. The molecule has 1 saturated heterocycles. The SMILES string of the molecule is CC/C=C/C=C(C#N)\C=C(/C)CCC.Cc1ncnc(N2CCN(C(=O)OC(C)(C)C)CC2)c1C(=N)C1CC1.